The van der Waals surface area contributed by atoms with Crippen molar-refractivity contribution in [3.8, 4) is 11.5 Å². The predicted molar refractivity (Wildman–Crippen MR) is 80.6 cm³/mol. The molecule has 0 fully saturated rings. The van der Waals surface area contributed by atoms with E-state index in [4.69, 9.17) is 26.8 Å². The van der Waals surface area contributed by atoms with Crippen molar-refractivity contribution in [3.63, 3.8) is 0 Å². The van der Waals surface area contributed by atoms with E-state index in [1.54, 1.807) is 12.1 Å². The fourth-order valence-corrected chi connectivity index (χ4v) is 1.92. The SMILES string of the molecule is CCC(C)[C@H](N)C(=O)Nc1cc(OC)c(Cl)cc1OC. The average molecular weight is 301 g/mol. The Kier molecular flexibility index (Phi) is 6.10. The molecule has 0 aliphatic carbocycles. The minimum absolute atomic E-state index is 0.0928. The Morgan fingerprint density at radius 1 is 1.35 bits per heavy atom. The van der Waals surface area contributed by atoms with E-state index in [0.717, 1.165) is 6.42 Å². The largest absolute Gasteiger partial charge is 0.495 e. The Balaban J connectivity index is 2.99. The zero-order valence-electron chi connectivity index (χ0n) is 12.2. The van der Waals surface area contributed by atoms with E-state index in [9.17, 15) is 4.79 Å². The number of nitrogens with one attached hydrogen (secondary N) is 1. The number of carbonyl (C=O) groups is 1. The summed E-state index contributed by atoms with van der Waals surface area (Å²) in [6, 6.07) is 2.62. The third-order valence-electron chi connectivity index (χ3n) is 3.29. The minimum Gasteiger partial charge on any atom is -0.495 e. The number of nitrogens with two attached hydrogens (primary N) is 1. The molecule has 0 aliphatic rings. The molecule has 0 bridgehead atoms. The van der Waals surface area contributed by atoms with Crippen LogP contribution in [0.2, 0.25) is 5.02 Å². The fraction of sp³-hybridized carbons (Fsp3) is 0.500. The van der Waals surface area contributed by atoms with Crippen LogP contribution in [-0.4, -0.2) is 26.2 Å². The van der Waals surface area contributed by atoms with Gasteiger partial charge in [-0.1, -0.05) is 31.9 Å². The Morgan fingerprint density at radius 2 is 1.95 bits per heavy atom. The van der Waals surface area contributed by atoms with Crippen molar-refractivity contribution in [1.29, 1.82) is 0 Å². The molecule has 5 nitrogen and oxygen atoms in total. The minimum atomic E-state index is -0.577. The van der Waals surface area contributed by atoms with Gasteiger partial charge in [-0.05, 0) is 5.92 Å². The van der Waals surface area contributed by atoms with Gasteiger partial charge in [-0.25, -0.2) is 0 Å². The topological polar surface area (TPSA) is 73.6 Å². The summed E-state index contributed by atoms with van der Waals surface area (Å²) < 4.78 is 10.3. The molecule has 2 atom stereocenters. The smallest absolute Gasteiger partial charge is 0.241 e. The number of halogens is 1. The Labute approximate surface area is 124 Å². The third kappa shape index (κ3) is 3.77. The molecular formula is C14H21ClN2O3. The molecule has 0 aromatic heterocycles. The average Bonchev–Trinajstić information content (AvgIpc) is 2.46. The highest BCUT2D eigenvalue weighted by atomic mass is 35.5. The summed E-state index contributed by atoms with van der Waals surface area (Å²) in [5, 5.41) is 3.16. The molecular weight excluding hydrogens is 280 g/mol. The lowest BCUT2D eigenvalue weighted by Crippen LogP contribution is -2.40. The molecule has 1 unspecified atom stereocenters. The first kappa shape index (κ1) is 16.6. The van der Waals surface area contributed by atoms with Gasteiger partial charge >= 0.3 is 0 Å². The van der Waals surface area contributed by atoms with Crippen LogP contribution in [0.5, 0.6) is 11.5 Å². The van der Waals surface area contributed by atoms with E-state index in [2.05, 4.69) is 5.32 Å². The quantitative estimate of drug-likeness (QED) is 0.847. The van der Waals surface area contributed by atoms with Crippen LogP contribution in [0.4, 0.5) is 5.69 Å². The van der Waals surface area contributed by atoms with Crippen molar-refractivity contribution in [3.05, 3.63) is 17.2 Å². The number of benzene rings is 1. The van der Waals surface area contributed by atoms with Gasteiger partial charge in [-0.3, -0.25) is 4.79 Å². The van der Waals surface area contributed by atoms with Crippen LogP contribution in [0.3, 0.4) is 0 Å². The number of methoxy groups -OCH3 is 2. The first-order valence-electron chi connectivity index (χ1n) is 6.42. The normalized spacial score (nSPS) is 13.5. The molecule has 0 heterocycles. The van der Waals surface area contributed by atoms with Crippen LogP contribution in [0.15, 0.2) is 12.1 Å². The Morgan fingerprint density at radius 3 is 2.45 bits per heavy atom. The van der Waals surface area contributed by atoms with E-state index in [1.165, 1.54) is 14.2 Å². The van der Waals surface area contributed by atoms with Gasteiger partial charge in [0.05, 0.1) is 31.0 Å². The number of hydrogen-bond donors (Lipinski definition) is 2. The zero-order valence-corrected chi connectivity index (χ0v) is 13.0. The number of anilines is 1. The van der Waals surface area contributed by atoms with Crippen molar-refractivity contribution in [2.24, 2.45) is 11.7 Å². The number of amides is 1. The number of ether oxygens (including phenoxy) is 2. The van der Waals surface area contributed by atoms with Crippen LogP contribution in [0, 0.1) is 5.92 Å². The van der Waals surface area contributed by atoms with Crippen molar-refractivity contribution in [1.82, 2.24) is 0 Å². The summed E-state index contributed by atoms with van der Waals surface area (Å²) in [7, 11) is 3.01. The summed E-state index contributed by atoms with van der Waals surface area (Å²) in [4.78, 5) is 12.1. The van der Waals surface area contributed by atoms with Gasteiger partial charge in [0.1, 0.15) is 11.5 Å². The predicted octanol–water partition coefficient (Wildman–Crippen LogP) is 2.67. The van der Waals surface area contributed by atoms with Crippen LogP contribution in [0.25, 0.3) is 0 Å². The summed E-state index contributed by atoms with van der Waals surface area (Å²) >= 11 is 6.01. The van der Waals surface area contributed by atoms with Gasteiger partial charge in [-0.15, -0.1) is 0 Å². The van der Waals surface area contributed by atoms with Gasteiger partial charge in [0, 0.05) is 12.1 Å². The highest BCUT2D eigenvalue weighted by molar-refractivity contribution is 6.32. The second-order valence-electron chi connectivity index (χ2n) is 4.59. The number of carbonyl (C=O) groups excluding carboxylic acids is 1. The molecule has 0 spiro atoms. The lowest BCUT2D eigenvalue weighted by atomic mass is 9.99. The summed E-state index contributed by atoms with van der Waals surface area (Å²) in [5.74, 6) is 0.748. The Bertz CT molecular complexity index is 480. The molecule has 0 saturated carbocycles. The number of rotatable bonds is 6. The number of hydrogen-bond acceptors (Lipinski definition) is 4. The van der Waals surface area contributed by atoms with Crippen LogP contribution in [-0.2, 0) is 4.79 Å². The second kappa shape index (κ2) is 7.36. The van der Waals surface area contributed by atoms with Gasteiger partial charge < -0.3 is 20.5 Å². The molecule has 112 valence electrons. The molecule has 3 N–H and O–H groups in total. The third-order valence-corrected chi connectivity index (χ3v) is 3.59. The molecule has 0 radical (unpaired) electrons. The van der Waals surface area contributed by atoms with E-state index < -0.39 is 6.04 Å². The van der Waals surface area contributed by atoms with Crippen molar-refractivity contribution >= 4 is 23.2 Å². The standard InChI is InChI=1S/C14H21ClN2O3/c1-5-8(2)13(16)14(18)17-10-7-11(19-3)9(15)6-12(10)20-4/h6-8,13H,5,16H2,1-4H3,(H,17,18)/t8?,13-/m0/s1. The van der Waals surface area contributed by atoms with Crippen LogP contribution < -0.4 is 20.5 Å². The highest BCUT2D eigenvalue weighted by Gasteiger charge is 2.21. The first-order chi connectivity index (χ1) is 9.44. The van der Waals surface area contributed by atoms with Crippen molar-refractivity contribution < 1.29 is 14.3 Å². The maximum Gasteiger partial charge on any atom is 0.241 e. The zero-order chi connectivity index (χ0) is 15.3. The molecule has 1 aromatic carbocycles. The maximum atomic E-state index is 12.1. The lowest BCUT2D eigenvalue weighted by Gasteiger charge is -2.19. The second-order valence-corrected chi connectivity index (χ2v) is 4.99. The van der Waals surface area contributed by atoms with E-state index in [1.807, 2.05) is 13.8 Å². The van der Waals surface area contributed by atoms with E-state index >= 15 is 0 Å². The molecule has 1 amide bonds. The molecule has 6 heteroatoms. The Hall–Kier alpha value is -1.46. The molecule has 1 aromatic rings. The van der Waals surface area contributed by atoms with Crippen LogP contribution >= 0.6 is 11.6 Å². The summed E-state index contributed by atoms with van der Waals surface area (Å²) in [6.45, 7) is 3.92. The van der Waals surface area contributed by atoms with Gasteiger partial charge in [0.25, 0.3) is 0 Å². The molecule has 20 heavy (non-hydrogen) atoms. The van der Waals surface area contributed by atoms with Gasteiger partial charge in [0.15, 0.2) is 0 Å². The lowest BCUT2D eigenvalue weighted by molar-refractivity contribution is -0.118. The van der Waals surface area contributed by atoms with Crippen molar-refractivity contribution in [2.45, 2.75) is 26.3 Å². The monoisotopic (exact) mass is 300 g/mol. The first-order valence-corrected chi connectivity index (χ1v) is 6.80. The highest BCUT2D eigenvalue weighted by Crippen LogP contribution is 2.35. The van der Waals surface area contributed by atoms with E-state index in [0.29, 0.717) is 22.2 Å². The van der Waals surface area contributed by atoms with Crippen molar-refractivity contribution in [2.75, 3.05) is 19.5 Å². The van der Waals surface area contributed by atoms with Gasteiger partial charge in [0.2, 0.25) is 5.91 Å². The summed E-state index contributed by atoms with van der Waals surface area (Å²) in [5.41, 5.74) is 6.38. The maximum absolute atomic E-state index is 12.1. The van der Waals surface area contributed by atoms with Crippen LogP contribution in [0.1, 0.15) is 20.3 Å². The van der Waals surface area contributed by atoms with Gasteiger partial charge in [-0.2, -0.15) is 0 Å². The van der Waals surface area contributed by atoms with E-state index in [-0.39, 0.29) is 11.8 Å². The molecule has 0 saturated heterocycles. The summed E-state index contributed by atoms with van der Waals surface area (Å²) in [6.07, 6.45) is 0.829. The fourth-order valence-electron chi connectivity index (χ4n) is 1.69. The molecule has 1 rings (SSSR count). The molecule has 0 aliphatic heterocycles.